The van der Waals surface area contributed by atoms with Crippen LogP contribution in [-0.2, 0) is 6.54 Å². The molecule has 112 valence electrons. The number of benzene rings is 1. The fraction of sp³-hybridized carbons (Fsp3) is 0.294. The molecule has 0 amide bonds. The zero-order valence-electron chi connectivity index (χ0n) is 12.5. The molecule has 22 heavy (non-hydrogen) atoms. The maximum Gasteiger partial charge on any atom is 0.210 e. The molecule has 0 saturated heterocycles. The molecule has 0 fully saturated rings. The van der Waals surface area contributed by atoms with E-state index in [9.17, 15) is 10.1 Å². The van der Waals surface area contributed by atoms with Gasteiger partial charge >= 0.3 is 0 Å². The number of nitriles is 1. The number of ether oxygens (including phenoxy) is 1. The number of fused-ring (bicyclic) bond motifs is 1. The van der Waals surface area contributed by atoms with Gasteiger partial charge in [0.2, 0.25) is 5.78 Å². The van der Waals surface area contributed by atoms with Gasteiger partial charge in [0, 0.05) is 22.7 Å². The van der Waals surface area contributed by atoms with Crippen molar-refractivity contribution in [1.29, 1.82) is 5.26 Å². The van der Waals surface area contributed by atoms with Gasteiger partial charge in [0.05, 0.1) is 19.1 Å². The van der Waals surface area contributed by atoms with Crippen LogP contribution in [0.15, 0.2) is 35.2 Å². The molecule has 2 aromatic rings. The molecule has 1 aliphatic rings. The second-order valence-corrected chi connectivity index (χ2v) is 6.01. The molecular weight excluding hydrogens is 296 g/mol. The third-order valence-corrected chi connectivity index (χ3v) is 4.79. The summed E-state index contributed by atoms with van der Waals surface area (Å²) in [6, 6.07) is 11.4. The number of hydrogen-bond acceptors (Lipinski definition) is 4. The van der Waals surface area contributed by atoms with E-state index in [1.54, 1.807) is 43.1 Å². The van der Waals surface area contributed by atoms with Crippen molar-refractivity contribution in [3.05, 3.63) is 47.3 Å². The van der Waals surface area contributed by atoms with E-state index >= 15 is 0 Å². The molecule has 5 heteroatoms. The van der Waals surface area contributed by atoms with Crippen LogP contribution in [-0.4, -0.2) is 23.7 Å². The zero-order valence-corrected chi connectivity index (χ0v) is 13.3. The Morgan fingerprint density at radius 1 is 1.41 bits per heavy atom. The molecule has 1 atom stereocenters. The summed E-state index contributed by atoms with van der Waals surface area (Å²) in [7, 11) is 1.60. The number of rotatable bonds is 4. The van der Waals surface area contributed by atoms with Crippen LogP contribution in [0.3, 0.4) is 0 Å². The second kappa shape index (κ2) is 5.90. The molecule has 0 N–H and O–H groups in total. The molecule has 0 spiro atoms. The standard InChI is InChI=1S/C17H16N2O2S/c1-21-13-5-3-11(4-6-13)17(20)16-15(22-2)9-14-12(10-18)7-8-19(14)16/h3-6,9,12H,7-8H2,1-2H3. The van der Waals surface area contributed by atoms with E-state index in [2.05, 4.69) is 6.07 Å². The van der Waals surface area contributed by atoms with Crippen LogP contribution < -0.4 is 4.74 Å². The molecule has 1 aromatic heterocycles. The van der Waals surface area contributed by atoms with E-state index in [4.69, 9.17) is 4.74 Å². The number of methoxy groups -OCH3 is 1. The molecule has 0 saturated carbocycles. The number of nitrogens with zero attached hydrogens (tertiary/aromatic N) is 2. The van der Waals surface area contributed by atoms with Crippen LogP contribution in [0.1, 0.15) is 34.1 Å². The van der Waals surface area contributed by atoms with E-state index in [0.29, 0.717) is 11.3 Å². The SMILES string of the molecule is COc1ccc(C(=O)c2c(SC)cc3n2CCC3C#N)cc1. The topological polar surface area (TPSA) is 55.0 Å². The molecule has 4 nitrogen and oxygen atoms in total. The quantitative estimate of drug-likeness (QED) is 0.641. The van der Waals surface area contributed by atoms with Crippen LogP contribution in [0.2, 0.25) is 0 Å². The lowest BCUT2D eigenvalue weighted by Gasteiger charge is -2.08. The molecule has 1 aromatic carbocycles. The molecule has 0 radical (unpaired) electrons. The van der Waals surface area contributed by atoms with E-state index < -0.39 is 0 Å². The van der Waals surface area contributed by atoms with Crippen molar-refractivity contribution >= 4 is 17.5 Å². The third-order valence-electron chi connectivity index (χ3n) is 4.04. The average Bonchev–Trinajstić information content (AvgIpc) is 3.12. The summed E-state index contributed by atoms with van der Waals surface area (Å²) in [6.07, 6.45) is 2.74. The van der Waals surface area contributed by atoms with Crippen molar-refractivity contribution in [2.45, 2.75) is 23.8 Å². The predicted molar refractivity (Wildman–Crippen MR) is 85.6 cm³/mol. The second-order valence-electron chi connectivity index (χ2n) is 5.17. The number of hydrogen-bond donors (Lipinski definition) is 0. The van der Waals surface area contributed by atoms with Gasteiger partial charge in [-0.2, -0.15) is 5.26 Å². The van der Waals surface area contributed by atoms with E-state index in [0.717, 1.165) is 29.3 Å². The van der Waals surface area contributed by atoms with Crippen molar-refractivity contribution in [3.8, 4) is 11.8 Å². The van der Waals surface area contributed by atoms with Crippen molar-refractivity contribution < 1.29 is 9.53 Å². The highest BCUT2D eigenvalue weighted by atomic mass is 32.2. The normalized spacial score (nSPS) is 16.1. The van der Waals surface area contributed by atoms with E-state index in [1.165, 1.54) is 0 Å². The number of carbonyl (C=O) groups is 1. The zero-order chi connectivity index (χ0) is 15.7. The Labute approximate surface area is 133 Å². The summed E-state index contributed by atoms with van der Waals surface area (Å²) in [4.78, 5) is 13.8. The third kappa shape index (κ3) is 2.30. The first-order chi connectivity index (χ1) is 10.7. The average molecular weight is 312 g/mol. The van der Waals surface area contributed by atoms with Crippen molar-refractivity contribution in [2.24, 2.45) is 0 Å². The lowest BCUT2D eigenvalue weighted by Crippen LogP contribution is -2.10. The first kappa shape index (κ1) is 14.7. The highest BCUT2D eigenvalue weighted by Crippen LogP contribution is 2.36. The van der Waals surface area contributed by atoms with E-state index in [-0.39, 0.29) is 11.7 Å². The fourth-order valence-electron chi connectivity index (χ4n) is 2.88. The highest BCUT2D eigenvalue weighted by Gasteiger charge is 2.30. The van der Waals surface area contributed by atoms with Gasteiger partial charge in [-0.15, -0.1) is 11.8 Å². The maximum absolute atomic E-state index is 12.9. The van der Waals surface area contributed by atoms with Crippen LogP contribution >= 0.6 is 11.8 Å². The molecular formula is C17H16N2O2S. The van der Waals surface area contributed by atoms with Crippen LogP contribution in [0.25, 0.3) is 0 Å². The molecule has 0 bridgehead atoms. The monoisotopic (exact) mass is 312 g/mol. The highest BCUT2D eigenvalue weighted by molar-refractivity contribution is 7.98. The van der Waals surface area contributed by atoms with Gasteiger partial charge in [0.1, 0.15) is 11.4 Å². The molecule has 1 unspecified atom stereocenters. The number of thioether (sulfide) groups is 1. The van der Waals surface area contributed by atoms with Gasteiger partial charge in [0.15, 0.2) is 0 Å². The minimum Gasteiger partial charge on any atom is -0.497 e. The lowest BCUT2D eigenvalue weighted by molar-refractivity contribution is 0.102. The van der Waals surface area contributed by atoms with Crippen molar-refractivity contribution in [3.63, 3.8) is 0 Å². The van der Waals surface area contributed by atoms with E-state index in [1.807, 2.05) is 16.9 Å². The fourth-order valence-corrected chi connectivity index (χ4v) is 3.51. The first-order valence-electron chi connectivity index (χ1n) is 7.05. The van der Waals surface area contributed by atoms with Gasteiger partial charge in [-0.25, -0.2) is 0 Å². The summed E-state index contributed by atoms with van der Waals surface area (Å²) in [5.41, 5.74) is 2.30. The minimum absolute atomic E-state index is 0.00292. The molecule has 0 aliphatic carbocycles. The smallest absolute Gasteiger partial charge is 0.210 e. The maximum atomic E-state index is 12.9. The van der Waals surface area contributed by atoms with Crippen molar-refractivity contribution in [1.82, 2.24) is 4.57 Å². The Balaban J connectivity index is 2.04. The lowest BCUT2D eigenvalue weighted by atomic mass is 10.1. The summed E-state index contributed by atoms with van der Waals surface area (Å²) >= 11 is 1.55. The van der Waals surface area contributed by atoms with Crippen LogP contribution in [0.5, 0.6) is 5.75 Å². The van der Waals surface area contributed by atoms with Crippen molar-refractivity contribution in [2.75, 3.05) is 13.4 Å². The van der Waals surface area contributed by atoms with Gasteiger partial charge < -0.3 is 9.30 Å². The van der Waals surface area contributed by atoms with Gasteiger partial charge in [0.25, 0.3) is 0 Å². The first-order valence-corrected chi connectivity index (χ1v) is 8.27. The summed E-state index contributed by atoms with van der Waals surface area (Å²) in [5, 5.41) is 9.23. The molecule has 2 heterocycles. The molecule has 3 rings (SSSR count). The largest absolute Gasteiger partial charge is 0.497 e. The number of ketones is 1. The summed E-state index contributed by atoms with van der Waals surface area (Å²) in [5.74, 6) is 0.617. The Bertz CT molecular complexity index is 756. The predicted octanol–water partition coefficient (Wildman–Crippen LogP) is 3.46. The van der Waals surface area contributed by atoms with Gasteiger partial charge in [-0.3, -0.25) is 4.79 Å². The Kier molecular flexibility index (Phi) is 3.95. The Morgan fingerprint density at radius 3 is 2.73 bits per heavy atom. The van der Waals surface area contributed by atoms with Crippen LogP contribution in [0, 0.1) is 11.3 Å². The molecule has 1 aliphatic heterocycles. The van der Waals surface area contributed by atoms with Gasteiger partial charge in [-0.05, 0) is 43.0 Å². The van der Waals surface area contributed by atoms with Crippen LogP contribution in [0.4, 0.5) is 0 Å². The summed E-state index contributed by atoms with van der Waals surface area (Å²) < 4.78 is 7.14. The number of carbonyl (C=O) groups excluding carboxylic acids is 1. The Hall–Kier alpha value is -2.19. The number of aromatic nitrogens is 1. The Morgan fingerprint density at radius 2 is 2.14 bits per heavy atom. The van der Waals surface area contributed by atoms with Gasteiger partial charge in [-0.1, -0.05) is 0 Å². The minimum atomic E-state index is -0.108. The summed E-state index contributed by atoms with van der Waals surface area (Å²) in [6.45, 7) is 0.728.